The average Bonchev–Trinajstić information content (AvgIpc) is 3.30. The molecular weight excluding hydrogens is 268 g/mol. The number of carbonyl (C=O) groups is 1. The molecular formula is C16H24N2O3. The zero-order valence-electron chi connectivity index (χ0n) is 12.8. The fourth-order valence-corrected chi connectivity index (χ4v) is 2.12. The van der Waals surface area contributed by atoms with E-state index in [-0.39, 0.29) is 5.91 Å². The first-order chi connectivity index (χ1) is 10.2. The van der Waals surface area contributed by atoms with Crippen molar-refractivity contribution in [1.82, 2.24) is 10.6 Å². The fraction of sp³-hybridized carbons (Fsp3) is 0.562. The van der Waals surface area contributed by atoms with Crippen LogP contribution in [0.25, 0.3) is 0 Å². The number of rotatable bonds is 9. The maximum Gasteiger partial charge on any atom is 0.220 e. The van der Waals surface area contributed by atoms with Crippen LogP contribution in [0.15, 0.2) is 18.2 Å². The van der Waals surface area contributed by atoms with Gasteiger partial charge in [0.15, 0.2) is 0 Å². The second kappa shape index (κ2) is 7.88. The van der Waals surface area contributed by atoms with Gasteiger partial charge in [0.1, 0.15) is 11.5 Å². The predicted octanol–water partition coefficient (Wildman–Crippen LogP) is 1.85. The van der Waals surface area contributed by atoms with E-state index in [1.54, 1.807) is 14.2 Å². The van der Waals surface area contributed by atoms with Gasteiger partial charge in [0.2, 0.25) is 5.91 Å². The molecule has 1 amide bonds. The molecule has 1 aromatic rings. The summed E-state index contributed by atoms with van der Waals surface area (Å²) >= 11 is 0. The molecule has 0 heterocycles. The Kier molecular flexibility index (Phi) is 5.87. The predicted molar refractivity (Wildman–Crippen MR) is 81.7 cm³/mol. The van der Waals surface area contributed by atoms with E-state index >= 15 is 0 Å². The molecule has 0 aliphatic heterocycles. The SMILES string of the molecule is COc1ccc(CNCCCC(=O)NC2CC2)c(OC)c1. The molecule has 1 aliphatic rings. The Morgan fingerprint density at radius 3 is 2.76 bits per heavy atom. The van der Waals surface area contributed by atoms with Crippen LogP contribution in [-0.4, -0.2) is 32.7 Å². The first kappa shape index (κ1) is 15.6. The summed E-state index contributed by atoms with van der Waals surface area (Å²) < 4.78 is 10.5. The van der Waals surface area contributed by atoms with Crippen LogP contribution >= 0.6 is 0 Å². The maximum atomic E-state index is 11.5. The lowest BCUT2D eigenvalue weighted by molar-refractivity contribution is -0.121. The van der Waals surface area contributed by atoms with Crippen molar-refractivity contribution in [3.05, 3.63) is 23.8 Å². The van der Waals surface area contributed by atoms with Gasteiger partial charge in [-0.15, -0.1) is 0 Å². The van der Waals surface area contributed by atoms with Gasteiger partial charge in [-0.2, -0.15) is 0 Å². The zero-order chi connectivity index (χ0) is 15.1. The smallest absolute Gasteiger partial charge is 0.220 e. The number of hydrogen-bond donors (Lipinski definition) is 2. The topological polar surface area (TPSA) is 59.6 Å². The molecule has 2 N–H and O–H groups in total. The summed E-state index contributed by atoms with van der Waals surface area (Å²) in [5, 5.41) is 6.33. The lowest BCUT2D eigenvalue weighted by Gasteiger charge is -2.11. The van der Waals surface area contributed by atoms with Gasteiger partial charge in [0.25, 0.3) is 0 Å². The fourth-order valence-electron chi connectivity index (χ4n) is 2.12. The standard InChI is InChI=1S/C16H24N2O3/c1-20-14-8-5-12(15(10-14)21-2)11-17-9-3-4-16(19)18-13-6-7-13/h5,8,10,13,17H,3-4,6-7,9,11H2,1-2H3,(H,18,19). The quantitative estimate of drug-likeness (QED) is 0.682. The first-order valence-corrected chi connectivity index (χ1v) is 7.44. The summed E-state index contributed by atoms with van der Waals surface area (Å²) in [4.78, 5) is 11.5. The molecule has 1 aliphatic carbocycles. The lowest BCUT2D eigenvalue weighted by atomic mass is 10.2. The van der Waals surface area contributed by atoms with E-state index in [9.17, 15) is 4.79 Å². The van der Waals surface area contributed by atoms with Gasteiger partial charge < -0.3 is 20.1 Å². The number of carbonyl (C=O) groups excluding carboxylic acids is 1. The van der Waals surface area contributed by atoms with Crippen LogP contribution in [0.5, 0.6) is 11.5 Å². The third-order valence-electron chi connectivity index (χ3n) is 3.51. The number of hydrogen-bond acceptors (Lipinski definition) is 4. The molecule has 0 radical (unpaired) electrons. The summed E-state index contributed by atoms with van der Waals surface area (Å²) in [6.45, 7) is 1.53. The van der Waals surface area contributed by atoms with Crippen molar-refractivity contribution in [3.63, 3.8) is 0 Å². The number of ether oxygens (including phenoxy) is 2. The first-order valence-electron chi connectivity index (χ1n) is 7.44. The Hall–Kier alpha value is -1.75. The van der Waals surface area contributed by atoms with Gasteiger partial charge in [-0.1, -0.05) is 6.07 Å². The van der Waals surface area contributed by atoms with E-state index < -0.39 is 0 Å². The molecule has 1 fully saturated rings. The van der Waals surface area contributed by atoms with Crippen molar-refractivity contribution >= 4 is 5.91 Å². The minimum absolute atomic E-state index is 0.168. The molecule has 1 aromatic carbocycles. The van der Waals surface area contributed by atoms with Crippen LogP contribution in [0, 0.1) is 0 Å². The third kappa shape index (κ3) is 5.27. The van der Waals surface area contributed by atoms with Crippen LogP contribution in [-0.2, 0) is 11.3 Å². The third-order valence-corrected chi connectivity index (χ3v) is 3.51. The molecule has 0 atom stereocenters. The largest absolute Gasteiger partial charge is 0.497 e. The monoisotopic (exact) mass is 292 g/mol. The van der Waals surface area contributed by atoms with Crippen LogP contribution < -0.4 is 20.1 Å². The minimum atomic E-state index is 0.168. The van der Waals surface area contributed by atoms with Gasteiger partial charge in [0, 0.05) is 30.6 Å². The molecule has 21 heavy (non-hydrogen) atoms. The summed E-state index contributed by atoms with van der Waals surface area (Å²) in [6, 6.07) is 6.24. The van der Waals surface area contributed by atoms with Crippen molar-refractivity contribution in [3.8, 4) is 11.5 Å². The van der Waals surface area contributed by atoms with Crippen molar-refractivity contribution in [2.45, 2.75) is 38.3 Å². The molecule has 0 bridgehead atoms. The highest BCUT2D eigenvalue weighted by Crippen LogP contribution is 2.24. The van der Waals surface area contributed by atoms with Gasteiger partial charge in [-0.25, -0.2) is 0 Å². The van der Waals surface area contributed by atoms with Crippen LogP contribution in [0.2, 0.25) is 0 Å². The van der Waals surface area contributed by atoms with E-state index in [1.807, 2.05) is 18.2 Å². The summed E-state index contributed by atoms with van der Waals surface area (Å²) in [6.07, 6.45) is 3.71. The van der Waals surface area contributed by atoms with Gasteiger partial charge >= 0.3 is 0 Å². The van der Waals surface area contributed by atoms with Crippen molar-refractivity contribution in [2.75, 3.05) is 20.8 Å². The molecule has 2 rings (SSSR count). The van der Waals surface area contributed by atoms with Crippen LogP contribution in [0.3, 0.4) is 0 Å². The number of nitrogens with one attached hydrogen (secondary N) is 2. The van der Waals surface area contributed by atoms with Crippen molar-refractivity contribution in [1.29, 1.82) is 0 Å². The molecule has 0 unspecified atom stereocenters. The van der Waals surface area contributed by atoms with E-state index in [4.69, 9.17) is 9.47 Å². The van der Waals surface area contributed by atoms with E-state index in [2.05, 4.69) is 10.6 Å². The Labute approximate surface area is 126 Å². The number of amides is 1. The minimum Gasteiger partial charge on any atom is -0.497 e. The van der Waals surface area contributed by atoms with Crippen LogP contribution in [0.1, 0.15) is 31.2 Å². The van der Waals surface area contributed by atoms with Crippen molar-refractivity contribution in [2.24, 2.45) is 0 Å². The Morgan fingerprint density at radius 2 is 2.10 bits per heavy atom. The van der Waals surface area contributed by atoms with E-state index in [0.717, 1.165) is 49.4 Å². The highest BCUT2D eigenvalue weighted by atomic mass is 16.5. The van der Waals surface area contributed by atoms with E-state index in [0.29, 0.717) is 12.5 Å². The van der Waals surface area contributed by atoms with Gasteiger partial charge in [-0.3, -0.25) is 4.79 Å². The van der Waals surface area contributed by atoms with E-state index in [1.165, 1.54) is 0 Å². The highest BCUT2D eigenvalue weighted by Gasteiger charge is 2.22. The zero-order valence-corrected chi connectivity index (χ0v) is 12.8. The normalized spacial score (nSPS) is 13.8. The molecule has 5 heteroatoms. The highest BCUT2D eigenvalue weighted by molar-refractivity contribution is 5.76. The molecule has 0 aromatic heterocycles. The Balaban J connectivity index is 1.66. The maximum absolute atomic E-state index is 11.5. The Bertz CT molecular complexity index is 473. The molecule has 1 saturated carbocycles. The summed E-state index contributed by atoms with van der Waals surface area (Å²) in [5.41, 5.74) is 1.08. The second-order valence-electron chi connectivity index (χ2n) is 5.30. The molecule has 5 nitrogen and oxygen atoms in total. The average molecular weight is 292 g/mol. The second-order valence-corrected chi connectivity index (χ2v) is 5.30. The van der Waals surface area contributed by atoms with Gasteiger partial charge in [-0.05, 0) is 31.9 Å². The number of benzene rings is 1. The number of methoxy groups -OCH3 is 2. The Morgan fingerprint density at radius 1 is 1.29 bits per heavy atom. The van der Waals surface area contributed by atoms with Crippen molar-refractivity contribution < 1.29 is 14.3 Å². The summed E-state index contributed by atoms with van der Waals surface area (Å²) in [7, 11) is 3.29. The summed E-state index contributed by atoms with van der Waals surface area (Å²) in [5.74, 6) is 1.77. The lowest BCUT2D eigenvalue weighted by Crippen LogP contribution is -2.26. The van der Waals surface area contributed by atoms with Crippen LogP contribution in [0.4, 0.5) is 0 Å². The van der Waals surface area contributed by atoms with Gasteiger partial charge in [0.05, 0.1) is 14.2 Å². The molecule has 116 valence electrons. The molecule has 0 spiro atoms. The molecule has 0 saturated heterocycles.